The third kappa shape index (κ3) is 6.77. The van der Waals surface area contributed by atoms with Crippen LogP contribution < -0.4 is 20.7 Å². The van der Waals surface area contributed by atoms with Crippen molar-refractivity contribution >= 4 is 56.4 Å². The number of aryl methyl sites for hydroxylation is 1. The molecule has 2 amide bonds. The van der Waals surface area contributed by atoms with Crippen molar-refractivity contribution in [1.82, 2.24) is 5.32 Å². The summed E-state index contributed by atoms with van der Waals surface area (Å²) in [6, 6.07) is 10.9. The number of anilines is 2. The Balaban J connectivity index is 1.65. The molecule has 1 aliphatic carbocycles. The van der Waals surface area contributed by atoms with E-state index in [1.807, 2.05) is 31.2 Å². The number of rotatable bonds is 8. The monoisotopic (exact) mass is 503 g/mol. The Kier molecular flexibility index (Phi) is 8.03. The highest BCUT2D eigenvalue weighted by molar-refractivity contribution is 9.10. The van der Waals surface area contributed by atoms with E-state index < -0.39 is 0 Å². The molecule has 3 N–H and O–H groups in total. The molecule has 8 heteroatoms. The third-order valence-corrected chi connectivity index (χ3v) is 5.57. The number of benzene rings is 2. The maximum Gasteiger partial charge on any atom is 0.261 e. The predicted octanol–water partition coefficient (Wildman–Crippen LogP) is 5.41. The van der Waals surface area contributed by atoms with Gasteiger partial charge in [0.15, 0.2) is 5.11 Å². The molecule has 0 saturated heterocycles. The molecule has 0 radical (unpaired) electrons. The number of hydrogen-bond acceptors (Lipinski definition) is 4. The molecular weight excluding hydrogens is 478 g/mol. The van der Waals surface area contributed by atoms with Crippen molar-refractivity contribution in [2.75, 3.05) is 17.2 Å². The number of hydrogen-bond donors (Lipinski definition) is 3. The van der Waals surface area contributed by atoms with Crippen molar-refractivity contribution in [2.45, 2.75) is 39.5 Å². The summed E-state index contributed by atoms with van der Waals surface area (Å²) < 4.78 is 6.53. The molecule has 0 aliphatic heterocycles. The van der Waals surface area contributed by atoms with Gasteiger partial charge in [0.1, 0.15) is 5.75 Å². The summed E-state index contributed by atoms with van der Waals surface area (Å²) in [6.07, 6.45) is 3.80. The van der Waals surface area contributed by atoms with E-state index in [2.05, 4.69) is 38.8 Å². The van der Waals surface area contributed by atoms with Crippen LogP contribution in [0.1, 0.15) is 48.5 Å². The molecule has 0 bridgehead atoms. The van der Waals surface area contributed by atoms with E-state index in [-0.39, 0.29) is 22.8 Å². The lowest BCUT2D eigenvalue weighted by atomic mass is 10.1. The second-order valence-electron chi connectivity index (χ2n) is 7.54. The predicted molar refractivity (Wildman–Crippen MR) is 131 cm³/mol. The van der Waals surface area contributed by atoms with Gasteiger partial charge in [-0.25, -0.2) is 0 Å². The fourth-order valence-corrected chi connectivity index (χ4v) is 3.45. The van der Waals surface area contributed by atoms with Gasteiger partial charge in [-0.3, -0.25) is 14.9 Å². The van der Waals surface area contributed by atoms with E-state index in [4.69, 9.17) is 17.0 Å². The Morgan fingerprint density at radius 2 is 1.94 bits per heavy atom. The molecule has 1 aliphatic rings. The Bertz CT molecular complexity index is 992. The number of carbonyl (C=O) groups excluding carboxylic acids is 2. The Hall–Kier alpha value is -2.45. The van der Waals surface area contributed by atoms with E-state index in [1.54, 1.807) is 12.1 Å². The Labute approximate surface area is 196 Å². The summed E-state index contributed by atoms with van der Waals surface area (Å²) in [6.45, 7) is 4.55. The van der Waals surface area contributed by atoms with Crippen LogP contribution in [-0.4, -0.2) is 23.5 Å². The van der Waals surface area contributed by atoms with Crippen LogP contribution in [0.2, 0.25) is 0 Å². The normalized spacial score (nSPS) is 12.7. The lowest BCUT2D eigenvalue weighted by molar-refractivity contribution is -0.117. The molecule has 6 nitrogen and oxygen atoms in total. The van der Waals surface area contributed by atoms with Crippen LogP contribution in [0.25, 0.3) is 0 Å². The quantitative estimate of drug-likeness (QED) is 0.331. The third-order valence-electron chi connectivity index (χ3n) is 4.87. The first kappa shape index (κ1) is 23.2. The minimum absolute atomic E-state index is 0.0430. The molecule has 0 spiro atoms. The van der Waals surface area contributed by atoms with Crippen molar-refractivity contribution in [2.24, 2.45) is 5.92 Å². The zero-order chi connectivity index (χ0) is 22.4. The SMILES string of the molecule is CCCCOc1ccc(Br)cc1C(=O)NC(=S)Nc1ccc(C)c(NC(=O)C2CC2)c1. The van der Waals surface area contributed by atoms with Crippen LogP contribution in [0.4, 0.5) is 11.4 Å². The highest BCUT2D eigenvalue weighted by Gasteiger charge is 2.29. The Morgan fingerprint density at radius 3 is 2.65 bits per heavy atom. The van der Waals surface area contributed by atoms with E-state index in [9.17, 15) is 9.59 Å². The molecule has 3 rings (SSSR count). The second-order valence-corrected chi connectivity index (χ2v) is 8.87. The van der Waals surface area contributed by atoms with E-state index in [0.717, 1.165) is 41.4 Å². The maximum absolute atomic E-state index is 12.8. The number of halogens is 1. The minimum Gasteiger partial charge on any atom is -0.493 e. The average Bonchev–Trinajstić information content (AvgIpc) is 3.57. The summed E-state index contributed by atoms with van der Waals surface area (Å²) in [5.74, 6) is 0.314. The highest BCUT2D eigenvalue weighted by Crippen LogP contribution is 2.31. The standard InChI is InChI=1S/C23H26BrN3O3S/c1-3-4-11-30-20-10-8-16(24)12-18(20)22(29)27-23(31)25-17-9-5-14(2)19(13-17)26-21(28)15-6-7-15/h5,8-10,12-13,15H,3-4,6-7,11H2,1-2H3,(H,26,28)(H2,25,27,29,31). The lowest BCUT2D eigenvalue weighted by Gasteiger charge is -2.15. The zero-order valence-corrected chi connectivity index (χ0v) is 20.0. The highest BCUT2D eigenvalue weighted by atomic mass is 79.9. The maximum atomic E-state index is 12.8. The van der Waals surface area contributed by atoms with Crippen LogP contribution in [0.15, 0.2) is 40.9 Å². The van der Waals surface area contributed by atoms with Crippen LogP contribution in [0.3, 0.4) is 0 Å². The average molecular weight is 504 g/mol. The first-order valence-corrected chi connectivity index (χ1v) is 11.5. The Morgan fingerprint density at radius 1 is 1.16 bits per heavy atom. The van der Waals surface area contributed by atoms with Crippen molar-refractivity contribution in [1.29, 1.82) is 0 Å². The van der Waals surface area contributed by atoms with Crippen molar-refractivity contribution in [3.63, 3.8) is 0 Å². The van der Waals surface area contributed by atoms with Gasteiger partial charge in [0.05, 0.1) is 12.2 Å². The fourth-order valence-electron chi connectivity index (χ4n) is 2.88. The molecule has 164 valence electrons. The first-order chi connectivity index (χ1) is 14.9. The summed E-state index contributed by atoms with van der Waals surface area (Å²) in [5.41, 5.74) is 2.76. The van der Waals surface area contributed by atoms with Crippen molar-refractivity contribution in [3.05, 3.63) is 52.0 Å². The van der Waals surface area contributed by atoms with Crippen LogP contribution in [0.5, 0.6) is 5.75 Å². The number of thiocarbonyl (C=S) groups is 1. The van der Waals surface area contributed by atoms with Gasteiger partial charge in [-0.1, -0.05) is 35.3 Å². The molecular formula is C23H26BrN3O3S. The summed E-state index contributed by atoms with van der Waals surface area (Å²) >= 11 is 8.72. The summed E-state index contributed by atoms with van der Waals surface area (Å²) in [5, 5.41) is 8.83. The smallest absolute Gasteiger partial charge is 0.261 e. The number of amides is 2. The van der Waals surface area contributed by atoms with Crippen LogP contribution in [0, 0.1) is 12.8 Å². The molecule has 0 heterocycles. The number of carbonyl (C=O) groups is 2. The van der Waals surface area contributed by atoms with Gasteiger partial charge in [0, 0.05) is 21.8 Å². The van der Waals surface area contributed by atoms with Crippen LogP contribution >= 0.6 is 28.1 Å². The van der Waals surface area contributed by atoms with Crippen molar-refractivity contribution < 1.29 is 14.3 Å². The number of nitrogens with one attached hydrogen (secondary N) is 3. The number of ether oxygens (including phenoxy) is 1. The zero-order valence-electron chi connectivity index (χ0n) is 17.6. The molecule has 2 aromatic carbocycles. The van der Waals surface area contributed by atoms with Crippen molar-refractivity contribution in [3.8, 4) is 5.75 Å². The second kappa shape index (κ2) is 10.7. The molecule has 0 unspecified atom stereocenters. The molecule has 0 atom stereocenters. The van der Waals surface area contributed by atoms with Gasteiger partial charge in [-0.2, -0.15) is 0 Å². The van der Waals surface area contributed by atoms with E-state index >= 15 is 0 Å². The van der Waals surface area contributed by atoms with E-state index in [1.165, 1.54) is 0 Å². The molecule has 31 heavy (non-hydrogen) atoms. The van der Waals surface area contributed by atoms with E-state index in [0.29, 0.717) is 23.6 Å². The van der Waals surface area contributed by atoms with Crippen LogP contribution in [-0.2, 0) is 4.79 Å². The molecule has 0 aromatic heterocycles. The fraction of sp³-hybridized carbons (Fsp3) is 0.348. The van der Waals surface area contributed by atoms with Gasteiger partial charge >= 0.3 is 0 Å². The van der Waals surface area contributed by atoms with Gasteiger partial charge in [0.2, 0.25) is 5.91 Å². The topological polar surface area (TPSA) is 79.5 Å². The summed E-state index contributed by atoms with van der Waals surface area (Å²) in [4.78, 5) is 24.9. The molecule has 1 saturated carbocycles. The largest absolute Gasteiger partial charge is 0.493 e. The van der Waals surface area contributed by atoms with Gasteiger partial charge in [-0.15, -0.1) is 0 Å². The minimum atomic E-state index is -0.361. The molecule has 1 fully saturated rings. The van der Waals surface area contributed by atoms with Gasteiger partial charge in [0.25, 0.3) is 5.91 Å². The lowest BCUT2D eigenvalue weighted by Crippen LogP contribution is -2.34. The van der Waals surface area contributed by atoms with Gasteiger partial charge < -0.3 is 15.4 Å². The molecule has 2 aromatic rings. The number of unbranched alkanes of at least 4 members (excludes halogenated alkanes) is 1. The van der Waals surface area contributed by atoms with Gasteiger partial charge in [-0.05, 0) is 74.3 Å². The first-order valence-electron chi connectivity index (χ1n) is 10.3. The summed E-state index contributed by atoms with van der Waals surface area (Å²) in [7, 11) is 0.